The molecule has 1 heterocycles. The maximum atomic E-state index is 11.6. The van der Waals surface area contributed by atoms with E-state index in [2.05, 4.69) is 5.32 Å². The van der Waals surface area contributed by atoms with E-state index in [0.717, 1.165) is 0 Å². The van der Waals surface area contributed by atoms with Crippen LogP contribution < -0.4 is 10.4 Å². The standard InChI is InChI=1S/C11H8N2O3/c12-5-7(11(15)16)9-6-3-1-2-4-8(6)13-10(9)14/h1-4,7,9H,(H,13,14)(H,15,16)/p-1/t7-,9-/m0/s1. The lowest BCUT2D eigenvalue weighted by Gasteiger charge is -2.15. The Labute approximate surface area is 91.3 Å². The van der Waals surface area contributed by atoms with Gasteiger partial charge in [0.2, 0.25) is 5.91 Å². The van der Waals surface area contributed by atoms with Gasteiger partial charge in [0.15, 0.2) is 0 Å². The van der Waals surface area contributed by atoms with Crippen LogP contribution >= 0.6 is 0 Å². The van der Waals surface area contributed by atoms with E-state index >= 15 is 0 Å². The molecule has 80 valence electrons. The first kappa shape index (κ1) is 10.2. The summed E-state index contributed by atoms with van der Waals surface area (Å²) in [5.74, 6) is -4.44. The highest BCUT2D eigenvalue weighted by Crippen LogP contribution is 2.36. The molecule has 0 fully saturated rings. The Morgan fingerprint density at radius 3 is 2.81 bits per heavy atom. The zero-order valence-corrected chi connectivity index (χ0v) is 8.14. The molecule has 1 aliphatic rings. The van der Waals surface area contributed by atoms with Crippen molar-refractivity contribution in [2.75, 3.05) is 5.32 Å². The average molecular weight is 215 g/mol. The van der Waals surface area contributed by atoms with Gasteiger partial charge >= 0.3 is 0 Å². The zero-order chi connectivity index (χ0) is 11.7. The molecule has 1 aromatic carbocycles. The van der Waals surface area contributed by atoms with Crippen molar-refractivity contribution in [1.82, 2.24) is 0 Å². The maximum Gasteiger partial charge on any atom is 0.233 e. The summed E-state index contributed by atoms with van der Waals surface area (Å²) in [6, 6.07) is 8.30. The molecule has 0 radical (unpaired) electrons. The summed E-state index contributed by atoms with van der Waals surface area (Å²) in [5.41, 5.74) is 1.09. The number of hydrogen-bond acceptors (Lipinski definition) is 4. The molecule has 0 bridgehead atoms. The minimum Gasteiger partial charge on any atom is -0.549 e. The third kappa shape index (κ3) is 1.41. The van der Waals surface area contributed by atoms with Gasteiger partial charge in [0.1, 0.15) is 5.92 Å². The molecule has 2 rings (SSSR count). The molecule has 5 heteroatoms. The molecule has 1 N–H and O–H groups in total. The van der Waals surface area contributed by atoms with Crippen molar-refractivity contribution >= 4 is 17.6 Å². The van der Waals surface area contributed by atoms with Gasteiger partial charge in [-0.2, -0.15) is 5.26 Å². The molecule has 1 aliphatic heterocycles. The summed E-state index contributed by atoms with van der Waals surface area (Å²) in [7, 11) is 0. The Balaban J connectivity index is 2.47. The zero-order valence-electron chi connectivity index (χ0n) is 8.14. The number of amides is 1. The molecular formula is C11H7N2O3-. The van der Waals surface area contributed by atoms with E-state index in [1.165, 1.54) is 0 Å². The number of para-hydroxylation sites is 1. The van der Waals surface area contributed by atoms with Crippen LogP contribution in [0.15, 0.2) is 24.3 Å². The predicted octanol–water partition coefficient (Wildman–Crippen LogP) is -0.388. The normalized spacial score (nSPS) is 19.4. The summed E-state index contributed by atoms with van der Waals surface area (Å²) < 4.78 is 0. The number of anilines is 1. The van der Waals surface area contributed by atoms with Crippen LogP contribution in [0.5, 0.6) is 0 Å². The Bertz CT molecular complexity index is 504. The lowest BCUT2D eigenvalue weighted by atomic mass is 9.88. The Hall–Kier alpha value is -2.35. The second-order valence-corrected chi connectivity index (χ2v) is 3.48. The highest BCUT2D eigenvalue weighted by Gasteiger charge is 2.37. The van der Waals surface area contributed by atoms with Crippen molar-refractivity contribution in [1.29, 1.82) is 5.26 Å². The average Bonchev–Trinajstić information content (AvgIpc) is 2.57. The predicted molar refractivity (Wildman–Crippen MR) is 51.9 cm³/mol. The number of carbonyl (C=O) groups is 2. The number of benzene rings is 1. The van der Waals surface area contributed by atoms with Crippen molar-refractivity contribution in [2.45, 2.75) is 5.92 Å². The van der Waals surface area contributed by atoms with Crippen LogP contribution in [0.3, 0.4) is 0 Å². The number of rotatable bonds is 2. The molecule has 1 aromatic rings. The van der Waals surface area contributed by atoms with Crippen LogP contribution in [-0.2, 0) is 9.59 Å². The van der Waals surface area contributed by atoms with E-state index in [1.54, 1.807) is 30.3 Å². The number of aliphatic carboxylic acids is 1. The van der Waals surface area contributed by atoms with E-state index in [0.29, 0.717) is 11.3 Å². The van der Waals surface area contributed by atoms with Gasteiger partial charge in [-0.15, -0.1) is 0 Å². The van der Waals surface area contributed by atoms with E-state index < -0.39 is 23.7 Å². The molecule has 1 amide bonds. The fourth-order valence-corrected chi connectivity index (χ4v) is 1.83. The molecule has 0 aliphatic carbocycles. The van der Waals surface area contributed by atoms with E-state index in [-0.39, 0.29) is 0 Å². The molecule has 0 saturated heterocycles. The van der Waals surface area contributed by atoms with Gasteiger partial charge in [0.25, 0.3) is 0 Å². The summed E-state index contributed by atoms with van der Waals surface area (Å²) in [6.07, 6.45) is 0. The van der Waals surface area contributed by atoms with Crippen molar-refractivity contribution in [3.05, 3.63) is 29.8 Å². The van der Waals surface area contributed by atoms with Gasteiger partial charge in [-0.25, -0.2) is 0 Å². The monoisotopic (exact) mass is 215 g/mol. The quantitative estimate of drug-likeness (QED) is 0.727. The summed E-state index contributed by atoms with van der Waals surface area (Å²) in [6.45, 7) is 0. The topological polar surface area (TPSA) is 93.0 Å². The Morgan fingerprint density at radius 1 is 1.50 bits per heavy atom. The Morgan fingerprint density at radius 2 is 2.19 bits per heavy atom. The van der Waals surface area contributed by atoms with Crippen molar-refractivity contribution in [3.63, 3.8) is 0 Å². The molecule has 0 aromatic heterocycles. The smallest absolute Gasteiger partial charge is 0.233 e. The second-order valence-electron chi connectivity index (χ2n) is 3.48. The molecule has 5 nitrogen and oxygen atoms in total. The SMILES string of the molecule is N#C[C@H](C(=O)[O-])[C@H]1C(=O)Nc2ccccc21. The number of carboxylic acids is 1. The highest BCUT2D eigenvalue weighted by atomic mass is 16.4. The van der Waals surface area contributed by atoms with Gasteiger partial charge in [-0.1, -0.05) is 18.2 Å². The molecule has 0 spiro atoms. The fraction of sp³-hybridized carbons (Fsp3) is 0.182. The van der Waals surface area contributed by atoms with Crippen LogP contribution in [0.2, 0.25) is 0 Å². The molecule has 2 atom stereocenters. The fourth-order valence-electron chi connectivity index (χ4n) is 1.83. The minimum absolute atomic E-state index is 0.475. The molecule has 16 heavy (non-hydrogen) atoms. The summed E-state index contributed by atoms with van der Waals surface area (Å²) in [4.78, 5) is 22.3. The lowest BCUT2D eigenvalue weighted by Crippen LogP contribution is -2.36. The molecule has 0 unspecified atom stereocenters. The molecule has 0 saturated carbocycles. The van der Waals surface area contributed by atoms with Crippen LogP contribution in [0.25, 0.3) is 0 Å². The van der Waals surface area contributed by atoms with Crippen molar-refractivity contribution in [3.8, 4) is 6.07 Å². The van der Waals surface area contributed by atoms with Crippen LogP contribution in [0.4, 0.5) is 5.69 Å². The summed E-state index contributed by atoms with van der Waals surface area (Å²) >= 11 is 0. The summed E-state index contributed by atoms with van der Waals surface area (Å²) in [5, 5.41) is 22.0. The number of nitrogens with one attached hydrogen (secondary N) is 1. The van der Waals surface area contributed by atoms with Gasteiger partial charge < -0.3 is 15.2 Å². The van der Waals surface area contributed by atoms with Gasteiger partial charge in [0, 0.05) is 5.69 Å². The van der Waals surface area contributed by atoms with Gasteiger partial charge in [-0.05, 0) is 11.6 Å². The van der Waals surface area contributed by atoms with Crippen LogP contribution in [-0.4, -0.2) is 11.9 Å². The van der Waals surface area contributed by atoms with Crippen molar-refractivity contribution in [2.24, 2.45) is 5.92 Å². The number of carbonyl (C=O) groups excluding carboxylic acids is 2. The first-order valence-electron chi connectivity index (χ1n) is 4.65. The number of nitriles is 1. The van der Waals surface area contributed by atoms with E-state index in [1.807, 2.05) is 0 Å². The van der Waals surface area contributed by atoms with Gasteiger partial charge in [0.05, 0.1) is 18.0 Å². The Kier molecular flexibility index (Phi) is 2.33. The minimum atomic E-state index is -1.53. The number of nitrogens with zero attached hydrogens (tertiary/aromatic N) is 1. The van der Waals surface area contributed by atoms with E-state index in [9.17, 15) is 14.7 Å². The van der Waals surface area contributed by atoms with Crippen LogP contribution in [0.1, 0.15) is 11.5 Å². The van der Waals surface area contributed by atoms with Gasteiger partial charge in [-0.3, -0.25) is 4.79 Å². The molecular weight excluding hydrogens is 208 g/mol. The highest BCUT2D eigenvalue weighted by molar-refractivity contribution is 6.05. The number of carboxylic acid groups (broad SMARTS) is 1. The third-order valence-corrected chi connectivity index (χ3v) is 2.56. The first-order valence-corrected chi connectivity index (χ1v) is 4.65. The number of hydrogen-bond donors (Lipinski definition) is 1. The van der Waals surface area contributed by atoms with E-state index in [4.69, 9.17) is 5.26 Å². The third-order valence-electron chi connectivity index (χ3n) is 2.56. The largest absolute Gasteiger partial charge is 0.549 e. The maximum absolute atomic E-state index is 11.6. The van der Waals surface area contributed by atoms with Crippen molar-refractivity contribution < 1.29 is 14.7 Å². The lowest BCUT2D eigenvalue weighted by molar-refractivity contribution is -0.309. The second kappa shape index (κ2) is 3.66. The van der Waals surface area contributed by atoms with Crippen LogP contribution in [0, 0.1) is 17.2 Å². The number of fused-ring (bicyclic) bond motifs is 1. The first-order chi connectivity index (χ1) is 7.65.